The number of alkyl halides is 3. The molecule has 108 valence electrons. The van der Waals surface area contributed by atoms with Crippen molar-refractivity contribution in [3.63, 3.8) is 0 Å². The van der Waals surface area contributed by atoms with E-state index in [1.54, 1.807) is 13.1 Å². The van der Waals surface area contributed by atoms with Gasteiger partial charge in [-0.05, 0) is 6.92 Å². The summed E-state index contributed by atoms with van der Waals surface area (Å²) in [7, 11) is 1.70. The Morgan fingerprint density at radius 2 is 1.74 bits per heavy atom. The highest BCUT2D eigenvalue weighted by atomic mass is 19.4. The normalized spacial score (nSPS) is 13.5. The molecular weight excluding hydrogens is 257 g/mol. The van der Waals surface area contributed by atoms with E-state index in [9.17, 15) is 13.2 Å². The van der Waals surface area contributed by atoms with Crippen molar-refractivity contribution in [2.45, 2.75) is 45.3 Å². The number of rotatable bonds is 5. The van der Waals surface area contributed by atoms with Crippen molar-refractivity contribution in [3.05, 3.63) is 11.9 Å². The highest BCUT2D eigenvalue weighted by molar-refractivity contribution is 5.47. The number of hydrogen-bond donors (Lipinski definition) is 2. The molecule has 1 unspecified atom stereocenters. The maximum atomic E-state index is 12.3. The van der Waals surface area contributed by atoms with E-state index in [0.29, 0.717) is 17.5 Å². The standard InChI is InChI=1S/C12H19F3N4/c1-7(2)11-18-9(16-4)5-10(19-11)17-8(3)6-12(13,14)15/h5,7-8H,6H2,1-4H3,(H2,16,17,18,19). The number of nitrogens with one attached hydrogen (secondary N) is 2. The van der Waals surface area contributed by atoms with Crippen molar-refractivity contribution in [1.82, 2.24) is 9.97 Å². The fourth-order valence-corrected chi connectivity index (χ4v) is 1.58. The van der Waals surface area contributed by atoms with E-state index in [4.69, 9.17) is 0 Å². The molecule has 0 aliphatic heterocycles. The summed E-state index contributed by atoms with van der Waals surface area (Å²) in [6, 6.07) is 0.860. The molecule has 2 N–H and O–H groups in total. The van der Waals surface area contributed by atoms with Gasteiger partial charge in [0, 0.05) is 25.1 Å². The van der Waals surface area contributed by atoms with Crippen molar-refractivity contribution in [3.8, 4) is 0 Å². The van der Waals surface area contributed by atoms with Crippen LogP contribution >= 0.6 is 0 Å². The van der Waals surface area contributed by atoms with Crippen LogP contribution in [-0.4, -0.2) is 29.2 Å². The lowest BCUT2D eigenvalue weighted by molar-refractivity contribution is -0.136. The van der Waals surface area contributed by atoms with E-state index in [1.165, 1.54) is 6.92 Å². The summed E-state index contributed by atoms with van der Waals surface area (Å²) in [5.41, 5.74) is 0. The van der Waals surface area contributed by atoms with Gasteiger partial charge in [-0.25, -0.2) is 9.97 Å². The first kappa shape index (κ1) is 15.5. The molecule has 19 heavy (non-hydrogen) atoms. The van der Waals surface area contributed by atoms with Crippen LogP contribution in [0.5, 0.6) is 0 Å². The average Bonchev–Trinajstić information content (AvgIpc) is 2.25. The molecule has 0 amide bonds. The van der Waals surface area contributed by atoms with Crippen LogP contribution in [0.15, 0.2) is 6.07 Å². The number of nitrogens with zero attached hydrogens (tertiary/aromatic N) is 2. The van der Waals surface area contributed by atoms with E-state index >= 15 is 0 Å². The molecule has 0 spiro atoms. The Morgan fingerprint density at radius 1 is 1.16 bits per heavy atom. The zero-order chi connectivity index (χ0) is 14.6. The molecule has 1 aromatic heterocycles. The molecule has 0 aromatic carbocycles. The predicted molar refractivity (Wildman–Crippen MR) is 69.4 cm³/mol. The van der Waals surface area contributed by atoms with Gasteiger partial charge in [-0.1, -0.05) is 13.8 Å². The highest BCUT2D eigenvalue weighted by Gasteiger charge is 2.30. The molecule has 0 saturated heterocycles. The Morgan fingerprint density at radius 3 is 2.21 bits per heavy atom. The van der Waals surface area contributed by atoms with Gasteiger partial charge in [-0.15, -0.1) is 0 Å². The fraction of sp³-hybridized carbons (Fsp3) is 0.667. The van der Waals surface area contributed by atoms with E-state index in [0.717, 1.165) is 0 Å². The minimum absolute atomic E-state index is 0.103. The molecule has 4 nitrogen and oxygen atoms in total. The van der Waals surface area contributed by atoms with Crippen LogP contribution < -0.4 is 10.6 Å². The molecule has 1 aromatic rings. The predicted octanol–water partition coefficient (Wildman–Crippen LogP) is 3.39. The number of halogens is 3. The van der Waals surface area contributed by atoms with Gasteiger partial charge in [0.15, 0.2) is 0 Å². The van der Waals surface area contributed by atoms with Gasteiger partial charge in [0.05, 0.1) is 6.42 Å². The van der Waals surface area contributed by atoms with Crippen LogP contribution in [0.25, 0.3) is 0 Å². The third kappa shape index (κ3) is 5.32. The van der Waals surface area contributed by atoms with Gasteiger partial charge in [-0.3, -0.25) is 0 Å². The first-order valence-corrected chi connectivity index (χ1v) is 6.11. The Hall–Kier alpha value is -1.53. The molecule has 0 fully saturated rings. The van der Waals surface area contributed by atoms with E-state index in [-0.39, 0.29) is 5.92 Å². The van der Waals surface area contributed by atoms with Crippen LogP contribution in [-0.2, 0) is 0 Å². The van der Waals surface area contributed by atoms with Crippen LogP contribution in [0, 0.1) is 0 Å². The Balaban J connectivity index is 2.85. The molecule has 0 aliphatic rings. The summed E-state index contributed by atoms with van der Waals surface area (Å²) in [4.78, 5) is 8.47. The van der Waals surface area contributed by atoms with Gasteiger partial charge in [0.25, 0.3) is 0 Å². The van der Waals surface area contributed by atoms with Gasteiger partial charge >= 0.3 is 6.18 Å². The Labute approximate surface area is 110 Å². The third-order valence-electron chi connectivity index (χ3n) is 2.45. The molecule has 0 bridgehead atoms. The molecule has 0 aliphatic carbocycles. The monoisotopic (exact) mass is 276 g/mol. The molecule has 0 radical (unpaired) electrons. The fourth-order valence-electron chi connectivity index (χ4n) is 1.58. The molecule has 0 saturated carbocycles. The molecule has 1 heterocycles. The zero-order valence-corrected chi connectivity index (χ0v) is 11.5. The van der Waals surface area contributed by atoms with Crippen molar-refractivity contribution in [2.24, 2.45) is 0 Å². The van der Waals surface area contributed by atoms with Gasteiger partial charge < -0.3 is 10.6 Å². The van der Waals surface area contributed by atoms with Crippen LogP contribution in [0.1, 0.15) is 38.9 Å². The first-order chi connectivity index (χ1) is 8.71. The van der Waals surface area contributed by atoms with E-state index in [2.05, 4.69) is 20.6 Å². The summed E-state index contributed by atoms with van der Waals surface area (Å²) >= 11 is 0. The first-order valence-electron chi connectivity index (χ1n) is 6.11. The Kier molecular flexibility index (Phi) is 4.97. The minimum Gasteiger partial charge on any atom is -0.373 e. The summed E-state index contributed by atoms with van der Waals surface area (Å²) in [6.45, 7) is 5.33. The van der Waals surface area contributed by atoms with E-state index < -0.39 is 18.6 Å². The second kappa shape index (κ2) is 6.08. The smallest absolute Gasteiger partial charge is 0.373 e. The third-order valence-corrected chi connectivity index (χ3v) is 2.45. The van der Waals surface area contributed by atoms with Gasteiger partial charge in [-0.2, -0.15) is 13.2 Å². The second-order valence-corrected chi connectivity index (χ2v) is 4.77. The Bertz CT molecular complexity index is 418. The maximum absolute atomic E-state index is 12.3. The molecule has 7 heteroatoms. The van der Waals surface area contributed by atoms with Crippen molar-refractivity contribution in [1.29, 1.82) is 0 Å². The van der Waals surface area contributed by atoms with Gasteiger partial charge in [0.2, 0.25) is 0 Å². The second-order valence-electron chi connectivity index (χ2n) is 4.77. The summed E-state index contributed by atoms with van der Waals surface area (Å²) in [5, 5.41) is 5.63. The molecule has 1 atom stereocenters. The van der Waals surface area contributed by atoms with Crippen LogP contribution in [0.4, 0.5) is 24.8 Å². The van der Waals surface area contributed by atoms with Crippen LogP contribution in [0.3, 0.4) is 0 Å². The summed E-state index contributed by atoms with van der Waals surface area (Å²) in [6.07, 6.45) is -5.09. The molecular formula is C12H19F3N4. The van der Waals surface area contributed by atoms with Crippen molar-refractivity contribution < 1.29 is 13.2 Å². The number of hydrogen-bond acceptors (Lipinski definition) is 4. The minimum atomic E-state index is -4.19. The van der Waals surface area contributed by atoms with Crippen molar-refractivity contribution >= 4 is 11.6 Å². The summed E-state index contributed by atoms with van der Waals surface area (Å²) < 4.78 is 36.8. The largest absolute Gasteiger partial charge is 0.391 e. The quantitative estimate of drug-likeness (QED) is 0.865. The zero-order valence-electron chi connectivity index (χ0n) is 11.5. The van der Waals surface area contributed by atoms with Gasteiger partial charge in [0.1, 0.15) is 17.5 Å². The molecule has 1 rings (SSSR count). The average molecular weight is 276 g/mol. The maximum Gasteiger partial charge on any atom is 0.391 e. The SMILES string of the molecule is CNc1cc(NC(C)CC(F)(F)F)nc(C(C)C)n1. The lowest BCUT2D eigenvalue weighted by Crippen LogP contribution is -2.24. The number of aromatic nitrogens is 2. The van der Waals surface area contributed by atoms with Crippen LogP contribution in [0.2, 0.25) is 0 Å². The lowest BCUT2D eigenvalue weighted by Gasteiger charge is -2.17. The van der Waals surface area contributed by atoms with E-state index in [1.807, 2.05) is 13.8 Å². The lowest BCUT2D eigenvalue weighted by atomic mass is 10.2. The topological polar surface area (TPSA) is 49.8 Å². The van der Waals surface area contributed by atoms with Crippen molar-refractivity contribution in [2.75, 3.05) is 17.7 Å². The highest BCUT2D eigenvalue weighted by Crippen LogP contribution is 2.24. The number of anilines is 2. The summed E-state index contributed by atoms with van der Waals surface area (Å²) in [5.74, 6) is 1.68.